The monoisotopic (exact) mass is 150 g/mol. The van der Waals surface area contributed by atoms with Gasteiger partial charge in [0.05, 0.1) is 0 Å². The van der Waals surface area contributed by atoms with Crippen molar-refractivity contribution in [1.29, 1.82) is 0 Å². The van der Waals surface area contributed by atoms with Crippen LogP contribution in [0.5, 0.6) is 0 Å². The average molecular weight is 150 g/mol. The van der Waals surface area contributed by atoms with Crippen molar-refractivity contribution in [2.24, 2.45) is 0 Å². The molecule has 0 radical (unpaired) electrons. The summed E-state index contributed by atoms with van der Waals surface area (Å²) in [6.07, 6.45) is 16.0. The maximum Gasteiger partial charge on any atom is -0.00250 e. The topological polar surface area (TPSA) is 0 Å². The first-order valence-corrected chi connectivity index (χ1v) is 3.15. The standard InChI is InChI=1S/C12H6/c1-3-5-7-9-11-12-10-8-6-4-2/h1-2,5-8H. The lowest BCUT2D eigenvalue weighted by atomic mass is 10.4. The van der Waals surface area contributed by atoms with Crippen molar-refractivity contribution in [3.8, 4) is 48.4 Å². The molecule has 0 aliphatic heterocycles. The third-order valence-electron chi connectivity index (χ3n) is 0.733. The van der Waals surface area contributed by atoms with Gasteiger partial charge in [-0.1, -0.05) is 23.7 Å². The van der Waals surface area contributed by atoms with Crippen molar-refractivity contribution < 1.29 is 0 Å². The molecule has 0 rings (SSSR count). The van der Waals surface area contributed by atoms with Crippen LogP contribution in [0.2, 0.25) is 0 Å². The molecular weight excluding hydrogens is 144 g/mol. The highest BCUT2D eigenvalue weighted by molar-refractivity contribution is 5.36. The van der Waals surface area contributed by atoms with Crippen molar-refractivity contribution in [1.82, 2.24) is 0 Å². The van der Waals surface area contributed by atoms with E-state index in [0.717, 1.165) is 0 Å². The molecule has 0 aromatic carbocycles. The van der Waals surface area contributed by atoms with Gasteiger partial charge in [0.1, 0.15) is 0 Å². The highest BCUT2D eigenvalue weighted by Crippen LogP contribution is 1.66. The molecular formula is C12H6. The van der Waals surface area contributed by atoms with E-state index in [1.54, 1.807) is 12.2 Å². The molecule has 0 spiro atoms. The molecule has 12 heavy (non-hydrogen) atoms. The van der Waals surface area contributed by atoms with Crippen LogP contribution in [0.3, 0.4) is 0 Å². The van der Waals surface area contributed by atoms with E-state index in [1.807, 2.05) is 0 Å². The Morgan fingerprint density at radius 3 is 1.42 bits per heavy atom. The van der Waals surface area contributed by atoms with E-state index in [2.05, 4.69) is 35.5 Å². The van der Waals surface area contributed by atoms with Gasteiger partial charge in [0.2, 0.25) is 0 Å². The molecule has 0 amide bonds. The van der Waals surface area contributed by atoms with Gasteiger partial charge in [0.15, 0.2) is 0 Å². The Labute approximate surface area is 73.4 Å². The second-order valence-corrected chi connectivity index (χ2v) is 1.54. The predicted molar refractivity (Wildman–Crippen MR) is 51.5 cm³/mol. The molecule has 54 valence electrons. The third kappa shape index (κ3) is 7.72. The van der Waals surface area contributed by atoms with Gasteiger partial charge in [-0.3, -0.25) is 0 Å². The van der Waals surface area contributed by atoms with Crippen LogP contribution in [0.15, 0.2) is 24.3 Å². The van der Waals surface area contributed by atoms with Gasteiger partial charge in [0.25, 0.3) is 0 Å². The normalized spacial score (nSPS) is 7.50. The summed E-state index contributed by atoms with van der Waals surface area (Å²) < 4.78 is 0. The number of hydrogen-bond donors (Lipinski definition) is 0. The predicted octanol–water partition coefficient (Wildman–Crippen LogP) is 1.37. The Hall–Kier alpha value is -2.28. The van der Waals surface area contributed by atoms with Crippen LogP contribution >= 0.6 is 0 Å². The summed E-state index contributed by atoms with van der Waals surface area (Å²) in [4.78, 5) is 0. The minimum atomic E-state index is 1.51. The molecule has 0 saturated carbocycles. The van der Waals surface area contributed by atoms with Gasteiger partial charge < -0.3 is 0 Å². The number of hydrogen-bond acceptors (Lipinski definition) is 0. The number of allylic oxidation sites excluding steroid dienone is 4. The molecule has 0 heterocycles. The average Bonchev–Trinajstić information content (AvgIpc) is 2.10. The second-order valence-electron chi connectivity index (χ2n) is 1.54. The van der Waals surface area contributed by atoms with Gasteiger partial charge in [-0.25, -0.2) is 0 Å². The maximum absolute atomic E-state index is 4.94. The van der Waals surface area contributed by atoms with Crippen molar-refractivity contribution in [3.63, 3.8) is 0 Å². The van der Waals surface area contributed by atoms with Crippen LogP contribution in [0.4, 0.5) is 0 Å². The Morgan fingerprint density at radius 1 is 0.667 bits per heavy atom. The van der Waals surface area contributed by atoms with Crippen molar-refractivity contribution in [2.75, 3.05) is 0 Å². The summed E-state index contributed by atoms with van der Waals surface area (Å²) in [6, 6.07) is 0. The molecule has 0 aliphatic carbocycles. The van der Waals surface area contributed by atoms with Crippen molar-refractivity contribution in [3.05, 3.63) is 24.3 Å². The largest absolute Gasteiger partial charge is 0.115 e. The maximum atomic E-state index is 4.94. The quantitative estimate of drug-likeness (QED) is 0.457. The summed E-state index contributed by atoms with van der Waals surface area (Å²) in [5.41, 5.74) is 0. The summed E-state index contributed by atoms with van der Waals surface area (Å²) >= 11 is 0. The van der Waals surface area contributed by atoms with Crippen LogP contribution in [0.25, 0.3) is 0 Å². The zero-order valence-electron chi connectivity index (χ0n) is 6.46. The smallest absolute Gasteiger partial charge is 0.00250 e. The SMILES string of the molecule is C#CC=CC#CC#CC=CC#C. The lowest BCUT2D eigenvalue weighted by Crippen LogP contribution is -1.52. The van der Waals surface area contributed by atoms with E-state index >= 15 is 0 Å². The third-order valence-corrected chi connectivity index (χ3v) is 0.733. The molecule has 0 fully saturated rings. The molecule has 0 saturated heterocycles. The van der Waals surface area contributed by atoms with Crippen LogP contribution < -0.4 is 0 Å². The van der Waals surface area contributed by atoms with Crippen LogP contribution in [0.1, 0.15) is 0 Å². The Morgan fingerprint density at radius 2 is 1.08 bits per heavy atom. The van der Waals surface area contributed by atoms with Crippen LogP contribution in [0, 0.1) is 48.4 Å². The van der Waals surface area contributed by atoms with E-state index in [-0.39, 0.29) is 0 Å². The van der Waals surface area contributed by atoms with Crippen molar-refractivity contribution >= 4 is 0 Å². The lowest BCUT2D eigenvalue weighted by molar-refractivity contribution is 2.12. The number of terminal acetylenes is 2. The fourth-order valence-corrected chi connectivity index (χ4v) is 0.335. The first-order valence-electron chi connectivity index (χ1n) is 3.15. The fraction of sp³-hybridized carbons (Fsp3) is 0. The molecule has 0 bridgehead atoms. The lowest BCUT2D eigenvalue weighted by Gasteiger charge is -1.61. The summed E-state index contributed by atoms with van der Waals surface area (Å²) in [5.74, 6) is 15.0. The van der Waals surface area contributed by atoms with Crippen LogP contribution in [-0.4, -0.2) is 0 Å². The van der Waals surface area contributed by atoms with E-state index < -0.39 is 0 Å². The Kier molecular flexibility index (Phi) is 7.06. The molecule has 0 aliphatic rings. The van der Waals surface area contributed by atoms with E-state index in [4.69, 9.17) is 12.8 Å². The molecule has 0 unspecified atom stereocenters. The minimum Gasteiger partial charge on any atom is -0.115 e. The Bertz CT molecular complexity index is 330. The molecule has 0 nitrogen and oxygen atoms in total. The summed E-state index contributed by atoms with van der Waals surface area (Å²) in [6.45, 7) is 0. The molecule has 0 N–H and O–H groups in total. The minimum absolute atomic E-state index is 1.51. The van der Waals surface area contributed by atoms with Gasteiger partial charge >= 0.3 is 0 Å². The molecule has 0 aromatic rings. The first kappa shape index (κ1) is 9.72. The zero-order chi connectivity index (χ0) is 9.07. The first-order chi connectivity index (χ1) is 5.91. The summed E-state index contributed by atoms with van der Waals surface area (Å²) in [7, 11) is 0. The van der Waals surface area contributed by atoms with E-state index in [0.29, 0.717) is 0 Å². The van der Waals surface area contributed by atoms with Gasteiger partial charge in [-0.15, -0.1) is 12.8 Å². The second kappa shape index (κ2) is 8.72. The highest BCUT2D eigenvalue weighted by atomic mass is 13.6. The summed E-state index contributed by atoms with van der Waals surface area (Å²) in [5, 5.41) is 0. The highest BCUT2D eigenvalue weighted by Gasteiger charge is 1.56. The van der Waals surface area contributed by atoms with Gasteiger partial charge in [0, 0.05) is 0 Å². The molecule has 0 heteroatoms. The van der Waals surface area contributed by atoms with E-state index in [1.165, 1.54) is 12.2 Å². The molecule has 0 aromatic heterocycles. The van der Waals surface area contributed by atoms with Crippen LogP contribution in [-0.2, 0) is 0 Å². The van der Waals surface area contributed by atoms with Gasteiger partial charge in [-0.05, 0) is 36.1 Å². The van der Waals surface area contributed by atoms with Gasteiger partial charge in [-0.2, -0.15) is 0 Å². The van der Waals surface area contributed by atoms with E-state index in [9.17, 15) is 0 Å². The molecule has 0 atom stereocenters. The Balaban J connectivity index is 3.94. The number of rotatable bonds is 0. The zero-order valence-corrected chi connectivity index (χ0v) is 6.46. The van der Waals surface area contributed by atoms with Crippen molar-refractivity contribution in [2.45, 2.75) is 0 Å². The fourth-order valence-electron chi connectivity index (χ4n) is 0.335.